The fraction of sp³-hybridized carbons (Fsp3) is 0.611. The molecule has 2 aromatic heterocycles. The third kappa shape index (κ3) is 2.68. The van der Waals surface area contributed by atoms with Crippen LogP contribution >= 0.6 is 0 Å². The largest absolute Gasteiger partial charge is 0.341 e. The van der Waals surface area contributed by atoms with Gasteiger partial charge in [-0.1, -0.05) is 0 Å². The van der Waals surface area contributed by atoms with Crippen LogP contribution in [0.5, 0.6) is 0 Å². The summed E-state index contributed by atoms with van der Waals surface area (Å²) in [6.07, 6.45) is 3.80. The van der Waals surface area contributed by atoms with Gasteiger partial charge in [-0.3, -0.25) is 18.7 Å². The number of nitrogens with one attached hydrogen (secondary N) is 1. The van der Waals surface area contributed by atoms with Crippen LogP contribution in [-0.2, 0) is 25.4 Å². The van der Waals surface area contributed by atoms with Crippen LogP contribution in [0.4, 0.5) is 0 Å². The number of carbonyl (C=O) groups excluding carboxylic acids is 1. The molecule has 0 radical (unpaired) electrons. The van der Waals surface area contributed by atoms with Crippen molar-refractivity contribution in [1.82, 2.24) is 23.9 Å². The minimum Gasteiger partial charge on any atom is -0.341 e. The molecule has 0 aromatic carbocycles. The minimum atomic E-state index is -0.384. The lowest BCUT2D eigenvalue weighted by Gasteiger charge is -2.21. The second-order valence-corrected chi connectivity index (χ2v) is 7.52. The van der Waals surface area contributed by atoms with Crippen LogP contribution in [0.25, 0.3) is 11.0 Å². The quantitative estimate of drug-likeness (QED) is 0.784. The second-order valence-electron chi connectivity index (χ2n) is 7.52. The first-order valence-electron chi connectivity index (χ1n) is 9.20. The molecule has 0 unspecified atom stereocenters. The zero-order valence-electron chi connectivity index (χ0n) is 15.3. The third-order valence-corrected chi connectivity index (χ3v) is 6.04. The highest BCUT2D eigenvalue weighted by Gasteiger charge is 2.31. The molecule has 1 amide bonds. The van der Waals surface area contributed by atoms with Crippen LogP contribution in [0, 0.1) is 11.8 Å². The van der Waals surface area contributed by atoms with E-state index in [9.17, 15) is 14.4 Å². The van der Waals surface area contributed by atoms with E-state index in [1.807, 2.05) is 4.90 Å². The molecule has 8 heteroatoms. The molecule has 26 heavy (non-hydrogen) atoms. The van der Waals surface area contributed by atoms with Crippen molar-refractivity contribution in [1.29, 1.82) is 0 Å². The summed E-state index contributed by atoms with van der Waals surface area (Å²) < 4.78 is 4.24. The first kappa shape index (κ1) is 17.1. The molecule has 8 nitrogen and oxygen atoms in total. The van der Waals surface area contributed by atoms with Crippen molar-refractivity contribution in [3.05, 3.63) is 33.1 Å². The van der Waals surface area contributed by atoms with Gasteiger partial charge in [0.15, 0.2) is 0 Å². The SMILES string of the molecule is Cn1c(=O)c2ccn(CC(=O)N3CC[C@@H]4CNC[C@@H]4CC3)c2n(C)c1=O. The maximum atomic E-state index is 12.8. The molecule has 0 aliphatic carbocycles. The Morgan fingerprint density at radius 1 is 1.12 bits per heavy atom. The number of hydrogen-bond acceptors (Lipinski definition) is 4. The Bertz CT molecular complexity index is 956. The Labute approximate surface area is 151 Å². The zero-order valence-corrected chi connectivity index (χ0v) is 15.3. The van der Waals surface area contributed by atoms with E-state index in [0.29, 0.717) is 22.9 Å². The van der Waals surface area contributed by atoms with E-state index >= 15 is 0 Å². The van der Waals surface area contributed by atoms with Gasteiger partial charge in [-0.2, -0.15) is 0 Å². The van der Waals surface area contributed by atoms with Gasteiger partial charge in [0.25, 0.3) is 5.56 Å². The molecule has 4 heterocycles. The monoisotopic (exact) mass is 359 g/mol. The molecule has 140 valence electrons. The molecule has 0 saturated carbocycles. The van der Waals surface area contributed by atoms with Crippen LogP contribution in [0.1, 0.15) is 12.8 Å². The molecule has 0 spiro atoms. The Balaban J connectivity index is 1.58. The van der Waals surface area contributed by atoms with Crippen LogP contribution in [0.15, 0.2) is 21.9 Å². The van der Waals surface area contributed by atoms with Gasteiger partial charge in [-0.05, 0) is 43.8 Å². The fourth-order valence-electron chi connectivity index (χ4n) is 4.43. The van der Waals surface area contributed by atoms with Crippen molar-refractivity contribution in [2.45, 2.75) is 19.4 Å². The molecular formula is C18H25N5O3. The maximum Gasteiger partial charge on any atom is 0.332 e. The van der Waals surface area contributed by atoms with Gasteiger partial charge in [0.05, 0.1) is 5.39 Å². The Kier molecular flexibility index (Phi) is 4.22. The molecule has 2 aliphatic rings. The van der Waals surface area contributed by atoms with E-state index in [-0.39, 0.29) is 23.7 Å². The van der Waals surface area contributed by atoms with Crippen molar-refractivity contribution in [3.8, 4) is 0 Å². The highest BCUT2D eigenvalue weighted by atomic mass is 16.2. The topological polar surface area (TPSA) is 81.3 Å². The Morgan fingerprint density at radius 2 is 1.77 bits per heavy atom. The third-order valence-electron chi connectivity index (χ3n) is 6.04. The number of nitrogens with zero attached hydrogens (tertiary/aromatic N) is 4. The summed E-state index contributed by atoms with van der Waals surface area (Å²) in [5, 5.41) is 3.90. The molecular weight excluding hydrogens is 334 g/mol. The number of fused-ring (bicyclic) bond motifs is 2. The standard InChI is InChI=1S/C18H25N5O3/c1-20-16-14(17(25)21(2)18(20)26)5-8-23(16)11-15(24)22-6-3-12-9-19-10-13(12)4-7-22/h5,8,12-13,19H,3-4,6-7,9-11H2,1-2H3/t12-,13+. The molecule has 2 fully saturated rings. The normalized spacial score (nSPS) is 23.2. The van der Waals surface area contributed by atoms with Gasteiger partial charge < -0.3 is 14.8 Å². The maximum absolute atomic E-state index is 12.8. The number of aryl methyl sites for hydroxylation is 1. The molecule has 2 atom stereocenters. The molecule has 4 rings (SSSR count). The number of rotatable bonds is 2. The highest BCUT2D eigenvalue weighted by molar-refractivity contribution is 5.80. The number of likely N-dealkylation sites (tertiary alicyclic amines) is 1. The number of aromatic nitrogens is 3. The Morgan fingerprint density at radius 3 is 2.42 bits per heavy atom. The van der Waals surface area contributed by atoms with Gasteiger partial charge in [0.1, 0.15) is 12.2 Å². The van der Waals surface area contributed by atoms with Crippen LogP contribution < -0.4 is 16.6 Å². The van der Waals surface area contributed by atoms with E-state index in [1.165, 1.54) is 11.6 Å². The molecule has 1 N–H and O–H groups in total. The van der Waals surface area contributed by atoms with E-state index in [0.717, 1.165) is 43.6 Å². The van der Waals surface area contributed by atoms with E-state index < -0.39 is 0 Å². The van der Waals surface area contributed by atoms with E-state index in [1.54, 1.807) is 23.9 Å². The van der Waals surface area contributed by atoms with Gasteiger partial charge >= 0.3 is 5.69 Å². The summed E-state index contributed by atoms with van der Waals surface area (Å²) in [5.74, 6) is 1.39. The van der Waals surface area contributed by atoms with Gasteiger partial charge in [0, 0.05) is 33.4 Å². The summed E-state index contributed by atoms with van der Waals surface area (Å²) >= 11 is 0. The number of carbonyl (C=O) groups is 1. The summed E-state index contributed by atoms with van der Waals surface area (Å²) in [6.45, 7) is 3.82. The van der Waals surface area contributed by atoms with E-state index in [4.69, 9.17) is 0 Å². The lowest BCUT2D eigenvalue weighted by molar-refractivity contribution is -0.131. The summed E-state index contributed by atoms with van der Waals surface area (Å²) in [4.78, 5) is 39.3. The highest BCUT2D eigenvalue weighted by Crippen LogP contribution is 2.27. The van der Waals surface area contributed by atoms with Gasteiger partial charge in [0.2, 0.25) is 5.91 Å². The predicted molar refractivity (Wildman–Crippen MR) is 98.1 cm³/mol. The van der Waals surface area contributed by atoms with Crippen molar-refractivity contribution >= 4 is 16.9 Å². The van der Waals surface area contributed by atoms with Gasteiger partial charge in [-0.25, -0.2) is 4.79 Å². The first-order chi connectivity index (χ1) is 12.5. The average Bonchev–Trinajstić information content (AvgIpc) is 3.20. The molecule has 2 aromatic rings. The minimum absolute atomic E-state index is 0.0450. The van der Waals surface area contributed by atoms with Crippen molar-refractivity contribution in [3.63, 3.8) is 0 Å². The lowest BCUT2D eigenvalue weighted by atomic mass is 9.92. The lowest BCUT2D eigenvalue weighted by Crippen LogP contribution is -2.38. The van der Waals surface area contributed by atoms with E-state index in [2.05, 4.69) is 5.32 Å². The number of amides is 1. The number of hydrogen-bond donors (Lipinski definition) is 1. The summed E-state index contributed by atoms with van der Waals surface area (Å²) in [6, 6.07) is 1.68. The Hall–Kier alpha value is -2.35. The van der Waals surface area contributed by atoms with Crippen molar-refractivity contribution in [2.75, 3.05) is 26.2 Å². The molecule has 0 bridgehead atoms. The fourth-order valence-corrected chi connectivity index (χ4v) is 4.43. The molecule has 2 aliphatic heterocycles. The average molecular weight is 359 g/mol. The van der Waals surface area contributed by atoms with Gasteiger partial charge in [-0.15, -0.1) is 0 Å². The smallest absolute Gasteiger partial charge is 0.332 e. The van der Waals surface area contributed by atoms with Crippen LogP contribution in [0.2, 0.25) is 0 Å². The van der Waals surface area contributed by atoms with Crippen LogP contribution in [-0.4, -0.2) is 50.7 Å². The summed E-state index contributed by atoms with van der Waals surface area (Å²) in [5.41, 5.74) is -0.211. The van der Waals surface area contributed by atoms with Crippen LogP contribution in [0.3, 0.4) is 0 Å². The second kappa shape index (κ2) is 6.42. The summed E-state index contributed by atoms with van der Waals surface area (Å²) in [7, 11) is 3.10. The van der Waals surface area contributed by atoms with Crippen molar-refractivity contribution in [2.24, 2.45) is 25.9 Å². The predicted octanol–water partition coefficient (Wildman–Crippen LogP) is -0.503. The van der Waals surface area contributed by atoms with Crippen molar-refractivity contribution < 1.29 is 4.79 Å². The zero-order chi connectivity index (χ0) is 18.4. The first-order valence-corrected chi connectivity index (χ1v) is 9.20. The molecule has 2 saturated heterocycles.